The van der Waals surface area contributed by atoms with Crippen LogP contribution in [0.3, 0.4) is 0 Å². The fraction of sp³-hybridized carbons (Fsp3) is 1.00. The summed E-state index contributed by atoms with van der Waals surface area (Å²) in [5.74, 6) is 0.945. The van der Waals surface area contributed by atoms with Crippen LogP contribution in [0.5, 0.6) is 0 Å². The second-order valence-corrected chi connectivity index (χ2v) is 5.95. The first-order valence-corrected chi connectivity index (χ1v) is 7.20. The molecule has 0 bridgehead atoms. The number of nitrogens with one attached hydrogen (secondary N) is 1. The van der Waals surface area contributed by atoms with Gasteiger partial charge < -0.3 is 10.2 Å². The second kappa shape index (κ2) is 6.02. The van der Waals surface area contributed by atoms with Gasteiger partial charge in [0.1, 0.15) is 0 Å². The van der Waals surface area contributed by atoms with Crippen LogP contribution < -0.4 is 5.32 Å². The average Bonchev–Trinajstić information content (AvgIpc) is 2.30. The monoisotopic (exact) mass is 224 g/mol. The van der Waals surface area contributed by atoms with Gasteiger partial charge in [0.05, 0.1) is 0 Å². The Hall–Kier alpha value is -0.0800. The number of hydrogen-bond donors (Lipinski definition) is 1. The molecule has 2 heteroatoms. The third-order valence-electron chi connectivity index (χ3n) is 4.48. The van der Waals surface area contributed by atoms with Gasteiger partial charge in [-0.2, -0.15) is 0 Å². The average molecular weight is 224 g/mol. The molecule has 0 aromatic carbocycles. The minimum Gasteiger partial charge on any atom is -0.310 e. The van der Waals surface area contributed by atoms with Crippen molar-refractivity contribution >= 4 is 0 Å². The zero-order valence-corrected chi connectivity index (χ0v) is 11.0. The van der Waals surface area contributed by atoms with E-state index in [1.165, 1.54) is 58.0 Å². The topological polar surface area (TPSA) is 15.3 Å². The smallest absolute Gasteiger partial charge is 0.0197 e. The molecule has 2 nitrogen and oxygen atoms in total. The molecule has 1 unspecified atom stereocenters. The van der Waals surface area contributed by atoms with Crippen LogP contribution in [0.2, 0.25) is 0 Å². The van der Waals surface area contributed by atoms with Gasteiger partial charge in [0.2, 0.25) is 0 Å². The van der Waals surface area contributed by atoms with Gasteiger partial charge in [0.25, 0.3) is 0 Å². The van der Waals surface area contributed by atoms with E-state index in [2.05, 4.69) is 24.2 Å². The number of likely N-dealkylation sites (tertiary alicyclic amines) is 1. The molecule has 2 atom stereocenters. The summed E-state index contributed by atoms with van der Waals surface area (Å²) in [6, 6.07) is 1.48. The fourth-order valence-electron chi connectivity index (χ4n) is 3.44. The zero-order valence-electron chi connectivity index (χ0n) is 11.0. The maximum absolute atomic E-state index is 3.88. The molecule has 1 aliphatic carbocycles. The highest BCUT2D eigenvalue weighted by atomic mass is 15.1. The fourth-order valence-corrected chi connectivity index (χ4v) is 3.44. The molecule has 0 radical (unpaired) electrons. The minimum atomic E-state index is 0.733. The molecule has 0 spiro atoms. The van der Waals surface area contributed by atoms with Gasteiger partial charge in [-0.3, -0.25) is 0 Å². The molecule has 0 aromatic rings. The number of rotatable bonds is 3. The molecule has 1 aliphatic heterocycles. The molecule has 2 fully saturated rings. The molecular formula is C14H28N2. The predicted octanol–water partition coefficient (Wildman–Crippen LogP) is 2.64. The Morgan fingerprint density at radius 2 is 1.81 bits per heavy atom. The normalized spacial score (nSPS) is 31.5. The summed E-state index contributed by atoms with van der Waals surface area (Å²) in [4.78, 5) is 2.47. The Morgan fingerprint density at radius 1 is 1.06 bits per heavy atom. The summed E-state index contributed by atoms with van der Waals surface area (Å²) in [6.07, 6.45) is 10.0. The van der Waals surface area contributed by atoms with Gasteiger partial charge in [-0.15, -0.1) is 0 Å². The molecule has 1 N–H and O–H groups in total. The van der Waals surface area contributed by atoms with Crippen molar-refractivity contribution in [1.29, 1.82) is 0 Å². The number of nitrogens with zero attached hydrogens (tertiary/aromatic N) is 1. The van der Waals surface area contributed by atoms with E-state index in [4.69, 9.17) is 0 Å². The van der Waals surface area contributed by atoms with Crippen molar-refractivity contribution in [3.05, 3.63) is 0 Å². The van der Waals surface area contributed by atoms with E-state index in [1.54, 1.807) is 0 Å². The van der Waals surface area contributed by atoms with Crippen molar-refractivity contribution in [3.8, 4) is 0 Å². The van der Waals surface area contributed by atoms with Gasteiger partial charge in [-0.05, 0) is 52.1 Å². The van der Waals surface area contributed by atoms with E-state index in [1.807, 2.05) is 0 Å². The first kappa shape index (κ1) is 12.4. The summed E-state index contributed by atoms with van der Waals surface area (Å²) < 4.78 is 0. The summed E-state index contributed by atoms with van der Waals surface area (Å²) >= 11 is 0. The summed E-state index contributed by atoms with van der Waals surface area (Å²) in [5, 5.41) is 3.88. The number of hydrogen-bond acceptors (Lipinski definition) is 2. The van der Waals surface area contributed by atoms with Gasteiger partial charge in [-0.25, -0.2) is 0 Å². The van der Waals surface area contributed by atoms with Crippen molar-refractivity contribution in [2.75, 3.05) is 20.1 Å². The predicted molar refractivity (Wildman–Crippen MR) is 69.7 cm³/mol. The molecule has 2 aliphatic rings. The second-order valence-electron chi connectivity index (χ2n) is 5.95. The van der Waals surface area contributed by atoms with Crippen LogP contribution >= 0.6 is 0 Å². The van der Waals surface area contributed by atoms with Gasteiger partial charge >= 0.3 is 0 Å². The van der Waals surface area contributed by atoms with Gasteiger partial charge in [0.15, 0.2) is 0 Å². The molecule has 0 aromatic heterocycles. The van der Waals surface area contributed by atoms with Crippen LogP contribution in [0.4, 0.5) is 0 Å². The quantitative estimate of drug-likeness (QED) is 0.793. The highest BCUT2D eigenvalue weighted by molar-refractivity contribution is 4.83. The van der Waals surface area contributed by atoms with Crippen molar-refractivity contribution < 1.29 is 0 Å². The lowest BCUT2D eigenvalue weighted by molar-refractivity contribution is 0.191. The summed E-state index contributed by atoms with van der Waals surface area (Å²) in [5.41, 5.74) is 0. The van der Waals surface area contributed by atoms with E-state index in [-0.39, 0.29) is 0 Å². The van der Waals surface area contributed by atoms with Crippen molar-refractivity contribution in [1.82, 2.24) is 10.2 Å². The maximum Gasteiger partial charge on any atom is 0.0197 e. The van der Waals surface area contributed by atoms with Crippen molar-refractivity contribution in [2.24, 2.45) is 5.92 Å². The van der Waals surface area contributed by atoms with E-state index in [0.29, 0.717) is 0 Å². The molecule has 1 heterocycles. The van der Waals surface area contributed by atoms with E-state index < -0.39 is 0 Å². The lowest BCUT2D eigenvalue weighted by Gasteiger charge is -2.36. The number of likely N-dealkylation sites (N-methyl/N-ethyl adjacent to an activating group) is 1. The van der Waals surface area contributed by atoms with Crippen LogP contribution in [0.25, 0.3) is 0 Å². The van der Waals surface area contributed by atoms with Gasteiger partial charge in [0, 0.05) is 18.6 Å². The maximum atomic E-state index is 3.88. The Kier molecular flexibility index (Phi) is 4.66. The third kappa shape index (κ3) is 3.46. The molecule has 0 amide bonds. The molecular weight excluding hydrogens is 196 g/mol. The Morgan fingerprint density at radius 3 is 2.50 bits per heavy atom. The first-order chi connectivity index (χ1) is 7.75. The standard InChI is InChI=1S/C14H28N2/c1-12(13-7-4-3-5-8-13)15-14-9-6-10-16(2)11-14/h12-15H,3-11H2,1-2H3/t12-,14?/m1/s1. The molecule has 1 saturated carbocycles. The van der Waals surface area contributed by atoms with Crippen molar-refractivity contribution in [3.63, 3.8) is 0 Å². The van der Waals surface area contributed by atoms with Gasteiger partial charge in [-0.1, -0.05) is 19.3 Å². The third-order valence-corrected chi connectivity index (χ3v) is 4.48. The first-order valence-electron chi connectivity index (χ1n) is 7.20. The Balaban J connectivity index is 1.74. The number of piperidine rings is 1. The van der Waals surface area contributed by atoms with Crippen molar-refractivity contribution in [2.45, 2.75) is 64.0 Å². The molecule has 16 heavy (non-hydrogen) atoms. The summed E-state index contributed by atoms with van der Waals surface area (Å²) in [6.45, 7) is 4.94. The molecule has 94 valence electrons. The highest BCUT2D eigenvalue weighted by Gasteiger charge is 2.24. The van der Waals surface area contributed by atoms with Crippen LogP contribution in [0.1, 0.15) is 51.9 Å². The zero-order chi connectivity index (χ0) is 11.4. The van der Waals surface area contributed by atoms with E-state index >= 15 is 0 Å². The molecule has 1 saturated heterocycles. The van der Waals surface area contributed by atoms with E-state index in [9.17, 15) is 0 Å². The van der Waals surface area contributed by atoms with E-state index in [0.717, 1.165) is 18.0 Å². The highest BCUT2D eigenvalue weighted by Crippen LogP contribution is 2.26. The lowest BCUT2D eigenvalue weighted by Crippen LogP contribution is -2.49. The lowest BCUT2D eigenvalue weighted by atomic mass is 9.84. The van der Waals surface area contributed by atoms with Crippen LogP contribution in [0, 0.1) is 5.92 Å². The largest absolute Gasteiger partial charge is 0.310 e. The van der Waals surface area contributed by atoms with Crippen LogP contribution in [-0.4, -0.2) is 37.1 Å². The summed E-state index contributed by atoms with van der Waals surface area (Å²) in [7, 11) is 2.25. The Labute approximate surface area is 101 Å². The molecule has 2 rings (SSSR count). The SMILES string of the molecule is C[C@@H](NC1CCCN(C)C1)C1CCCCC1. The van der Waals surface area contributed by atoms with Crippen LogP contribution in [-0.2, 0) is 0 Å². The minimum absolute atomic E-state index is 0.733. The van der Waals surface area contributed by atoms with Crippen LogP contribution in [0.15, 0.2) is 0 Å². The Bertz CT molecular complexity index is 199.